The molecule has 0 radical (unpaired) electrons. The van der Waals surface area contributed by atoms with E-state index in [0.29, 0.717) is 5.92 Å². The number of aryl methyl sites for hydroxylation is 2. The van der Waals surface area contributed by atoms with E-state index in [9.17, 15) is 0 Å². The van der Waals surface area contributed by atoms with Crippen LogP contribution >= 0.6 is 0 Å². The van der Waals surface area contributed by atoms with Crippen molar-refractivity contribution in [3.05, 3.63) is 11.4 Å². The van der Waals surface area contributed by atoms with Gasteiger partial charge in [-0.15, -0.1) is 0 Å². The fourth-order valence-corrected chi connectivity index (χ4v) is 1.16. The second kappa shape index (κ2) is 3.03. The molecule has 0 aliphatic rings. The molecule has 1 aromatic heterocycles. The van der Waals surface area contributed by atoms with Crippen molar-refractivity contribution < 1.29 is 0 Å². The Hall–Kier alpha value is -0.860. The highest BCUT2D eigenvalue weighted by molar-refractivity contribution is 5.12. The number of rotatable bonds is 2. The zero-order valence-electron chi connectivity index (χ0n) is 7.63. The third-order valence-electron chi connectivity index (χ3n) is 1.70. The Morgan fingerprint density at radius 3 is 2.36 bits per heavy atom. The first-order valence-corrected chi connectivity index (χ1v) is 4.05. The van der Waals surface area contributed by atoms with Gasteiger partial charge in [-0.05, 0) is 12.3 Å². The summed E-state index contributed by atoms with van der Waals surface area (Å²) in [4.78, 5) is 1.65. The van der Waals surface area contributed by atoms with E-state index in [0.717, 1.165) is 17.8 Å². The molecule has 0 saturated heterocycles. The Kier molecular flexibility index (Phi) is 2.27. The van der Waals surface area contributed by atoms with Crippen molar-refractivity contribution in [2.24, 2.45) is 7.05 Å². The number of hydrogen-bond donors (Lipinski definition) is 0. The molecular formula is C8H15N3. The van der Waals surface area contributed by atoms with Crippen LogP contribution in [0.5, 0.6) is 0 Å². The summed E-state index contributed by atoms with van der Waals surface area (Å²) >= 11 is 0. The summed E-state index contributed by atoms with van der Waals surface area (Å²) in [6.07, 6.45) is 0.974. The van der Waals surface area contributed by atoms with Crippen LogP contribution in [-0.2, 0) is 13.5 Å². The highest BCUT2D eigenvalue weighted by atomic mass is 15.5. The van der Waals surface area contributed by atoms with E-state index in [4.69, 9.17) is 0 Å². The minimum absolute atomic E-state index is 0.485. The van der Waals surface area contributed by atoms with Crippen molar-refractivity contribution in [3.63, 3.8) is 0 Å². The average molecular weight is 153 g/mol. The summed E-state index contributed by atoms with van der Waals surface area (Å²) in [5.74, 6) is 0.485. The lowest BCUT2D eigenvalue weighted by Gasteiger charge is -1.99. The molecule has 11 heavy (non-hydrogen) atoms. The molecule has 0 amide bonds. The molecule has 0 aliphatic heterocycles. The van der Waals surface area contributed by atoms with Crippen LogP contribution in [-0.4, -0.2) is 15.0 Å². The van der Waals surface area contributed by atoms with Gasteiger partial charge in [-0.2, -0.15) is 15.0 Å². The van der Waals surface area contributed by atoms with E-state index in [1.54, 1.807) is 4.80 Å². The molecule has 0 saturated carbocycles. The molecule has 3 heteroatoms. The second-order valence-electron chi connectivity index (χ2n) is 3.03. The SMILES string of the molecule is CCc1nn(C)nc1C(C)C. The van der Waals surface area contributed by atoms with Crippen LogP contribution in [0.1, 0.15) is 38.1 Å². The Balaban J connectivity index is 3.02. The second-order valence-corrected chi connectivity index (χ2v) is 3.03. The summed E-state index contributed by atoms with van der Waals surface area (Å²) in [7, 11) is 1.87. The smallest absolute Gasteiger partial charge is 0.0884 e. The zero-order valence-corrected chi connectivity index (χ0v) is 7.63. The maximum atomic E-state index is 4.29. The lowest BCUT2D eigenvalue weighted by molar-refractivity contribution is 0.633. The lowest BCUT2D eigenvalue weighted by atomic mass is 10.1. The van der Waals surface area contributed by atoms with Gasteiger partial charge in [-0.25, -0.2) is 0 Å². The molecule has 0 aromatic carbocycles. The molecule has 3 nitrogen and oxygen atoms in total. The first-order chi connectivity index (χ1) is 5.15. The monoisotopic (exact) mass is 153 g/mol. The van der Waals surface area contributed by atoms with Crippen molar-refractivity contribution in [1.82, 2.24) is 15.0 Å². The summed E-state index contributed by atoms with van der Waals surface area (Å²) in [6, 6.07) is 0. The van der Waals surface area contributed by atoms with Gasteiger partial charge in [-0.3, -0.25) is 0 Å². The molecule has 1 aromatic rings. The fraction of sp³-hybridized carbons (Fsp3) is 0.750. The number of hydrogen-bond acceptors (Lipinski definition) is 2. The Labute approximate surface area is 67.4 Å². The maximum absolute atomic E-state index is 4.29. The van der Waals surface area contributed by atoms with Crippen molar-refractivity contribution in [2.45, 2.75) is 33.1 Å². The van der Waals surface area contributed by atoms with E-state index in [1.165, 1.54) is 0 Å². The standard InChI is InChI=1S/C8H15N3/c1-5-7-8(6(2)3)10-11(4)9-7/h6H,5H2,1-4H3. The van der Waals surface area contributed by atoms with E-state index >= 15 is 0 Å². The van der Waals surface area contributed by atoms with Crippen molar-refractivity contribution in [2.75, 3.05) is 0 Å². The predicted molar refractivity (Wildman–Crippen MR) is 44.5 cm³/mol. The van der Waals surface area contributed by atoms with Crippen molar-refractivity contribution in [3.8, 4) is 0 Å². The van der Waals surface area contributed by atoms with Crippen LogP contribution in [0.4, 0.5) is 0 Å². The average Bonchev–Trinajstić information content (AvgIpc) is 2.30. The van der Waals surface area contributed by atoms with Gasteiger partial charge in [0, 0.05) is 7.05 Å². The third-order valence-corrected chi connectivity index (χ3v) is 1.70. The summed E-state index contributed by atoms with van der Waals surface area (Å²) in [5.41, 5.74) is 2.26. The Bertz CT molecular complexity index is 237. The molecule has 0 atom stereocenters. The molecule has 1 heterocycles. The van der Waals surface area contributed by atoms with E-state index in [2.05, 4.69) is 31.0 Å². The van der Waals surface area contributed by atoms with Crippen LogP contribution in [0.15, 0.2) is 0 Å². The fourth-order valence-electron chi connectivity index (χ4n) is 1.16. The summed E-state index contributed by atoms with van der Waals surface area (Å²) < 4.78 is 0. The maximum Gasteiger partial charge on any atom is 0.0884 e. The van der Waals surface area contributed by atoms with Gasteiger partial charge in [0.2, 0.25) is 0 Å². The summed E-state index contributed by atoms with van der Waals surface area (Å²) in [5, 5.41) is 8.54. The number of nitrogens with zero attached hydrogens (tertiary/aromatic N) is 3. The van der Waals surface area contributed by atoms with E-state index < -0.39 is 0 Å². The molecule has 0 aliphatic carbocycles. The first-order valence-electron chi connectivity index (χ1n) is 4.05. The normalized spacial score (nSPS) is 11.0. The van der Waals surface area contributed by atoms with Gasteiger partial charge < -0.3 is 0 Å². The topological polar surface area (TPSA) is 30.7 Å². The van der Waals surface area contributed by atoms with Gasteiger partial charge in [-0.1, -0.05) is 20.8 Å². The third kappa shape index (κ3) is 1.59. The molecule has 0 bridgehead atoms. The van der Waals surface area contributed by atoms with Gasteiger partial charge >= 0.3 is 0 Å². The molecular weight excluding hydrogens is 138 g/mol. The molecule has 62 valence electrons. The van der Waals surface area contributed by atoms with Crippen LogP contribution in [0.25, 0.3) is 0 Å². The highest BCUT2D eigenvalue weighted by Gasteiger charge is 2.10. The Morgan fingerprint density at radius 1 is 1.36 bits per heavy atom. The Morgan fingerprint density at radius 2 is 2.00 bits per heavy atom. The van der Waals surface area contributed by atoms with Gasteiger partial charge in [0.15, 0.2) is 0 Å². The van der Waals surface area contributed by atoms with Crippen LogP contribution in [0, 0.1) is 0 Å². The predicted octanol–water partition coefficient (Wildman–Crippen LogP) is 1.50. The number of aromatic nitrogens is 3. The van der Waals surface area contributed by atoms with Crippen molar-refractivity contribution in [1.29, 1.82) is 0 Å². The van der Waals surface area contributed by atoms with Gasteiger partial charge in [0.1, 0.15) is 0 Å². The van der Waals surface area contributed by atoms with E-state index in [-0.39, 0.29) is 0 Å². The summed E-state index contributed by atoms with van der Waals surface area (Å²) in [6.45, 7) is 6.39. The van der Waals surface area contributed by atoms with Crippen molar-refractivity contribution >= 4 is 0 Å². The largest absolute Gasteiger partial charge is 0.188 e. The first kappa shape index (κ1) is 8.24. The quantitative estimate of drug-likeness (QED) is 0.644. The van der Waals surface area contributed by atoms with E-state index in [1.807, 2.05) is 7.05 Å². The van der Waals surface area contributed by atoms with Crippen LogP contribution < -0.4 is 0 Å². The highest BCUT2D eigenvalue weighted by Crippen LogP contribution is 2.14. The van der Waals surface area contributed by atoms with Crippen LogP contribution in [0.3, 0.4) is 0 Å². The van der Waals surface area contributed by atoms with Gasteiger partial charge in [0.05, 0.1) is 11.4 Å². The minimum Gasteiger partial charge on any atom is -0.188 e. The molecule has 0 spiro atoms. The van der Waals surface area contributed by atoms with Gasteiger partial charge in [0.25, 0.3) is 0 Å². The van der Waals surface area contributed by atoms with Crippen LogP contribution in [0.2, 0.25) is 0 Å². The molecule has 0 unspecified atom stereocenters. The minimum atomic E-state index is 0.485. The molecule has 0 N–H and O–H groups in total. The molecule has 0 fully saturated rings. The zero-order chi connectivity index (χ0) is 8.43. The lowest BCUT2D eigenvalue weighted by Crippen LogP contribution is -1.94. The molecule has 1 rings (SSSR count).